The average molecular weight is 994 g/mol. The average Bonchev–Trinajstić information content (AvgIpc) is 3.31. The van der Waals surface area contributed by atoms with Crippen LogP contribution in [0.2, 0.25) is 0 Å². The molecule has 0 fully saturated rings. The number of unbranched alkanes of at least 4 members (excludes halogenated alkanes) is 38. The van der Waals surface area contributed by atoms with Crippen molar-refractivity contribution in [2.75, 3.05) is 40.9 Å². The van der Waals surface area contributed by atoms with Crippen molar-refractivity contribution in [2.24, 2.45) is 0 Å². The zero-order valence-electron chi connectivity index (χ0n) is 46.5. The van der Waals surface area contributed by atoms with Crippen LogP contribution in [0.1, 0.15) is 290 Å². The van der Waals surface area contributed by atoms with E-state index in [1.807, 2.05) is 27.2 Å². The second-order valence-electron chi connectivity index (χ2n) is 21.7. The van der Waals surface area contributed by atoms with Crippen LogP contribution in [0.5, 0.6) is 0 Å². The molecule has 0 spiro atoms. The maximum Gasteiger partial charge on any atom is 0.268 e. The molecule has 0 aliphatic heterocycles. The van der Waals surface area contributed by atoms with Crippen LogP contribution in [0.3, 0.4) is 0 Å². The fraction of sp³-hybridized carbons (Fsp3) is 0.883. The highest BCUT2D eigenvalue weighted by molar-refractivity contribution is 7.45. The summed E-state index contributed by atoms with van der Waals surface area (Å²) < 4.78 is 23.3. The molecule has 0 aromatic rings. The van der Waals surface area contributed by atoms with Crippen molar-refractivity contribution in [3.05, 3.63) is 36.5 Å². The zero-order valence-corrected chi connectivity index (χ0v) is 47.4. The van der Waals surface area contributed by atoms with Gasteiger partial charge in [0.1, 0.15) is 13.2 Å². The maximum absolute atomic E-state index is 13.0. The third-order valence-corrected chi connectivity index (χ3v) is 14.5. The van der Waals surface area contributed by atoms with Gasteiger partial charge in [-0.2, -0.15) is 0 Å². The molecule has 408 valence electrons. The Morgan fingerprint density at radius 1 is 0.493 bits per heavy atom. The van der Waals surface area contributed by atoms with E-state index in [9.17, 15) is 19.4 Å². The fourth-order valence-electron chi connectivity index (χ4n) is 8.87. The zero-order chi connectivity index (χ0) is 50.6. The number of likely N-dealkylation sites (N-methyl/N-ethyl adjacent to an activating group) is 1. The summed E-state index contributed by atoms with van der Waals surface area (Å²) in [6, 6.07) is -0.902. The van der Waals surface area contributed by atoms with Crippen LogP contribution in [-0.2, 0) is 18.4 Å². The molecular formula is C60H117N2O6P. The Morgan fingerprint density at radius 3 is 1.17 bits per heavy atom. The van der Waals surface area contributed by atoms with E-state index >= 15 is 0 Å². The van der Waals surface area contributed by atoms with E-state index in [1.54, 1.807) is 6.08 Å². The van der Waals surface area contributed by atoms with Crippen molar-refractivity contribution in [1.82, 2.24) is 5.32 Å². The molecule has 0 saturated carbocycles. The van der Waals surface area contributed by atoms with Crippen LogP contribution in [-0.4, -0.2) is 68.5 Å². The quantitative estimate of drug-likeness (QED) is 0.0272. The number of aliphatic hydroxyl groups excluding tert-OH is 1. The van der Waals surface area contributed by atoms with E-state index in [4.69, 9.17) is 9.05 Å². The molecule has 69 heavy (non-hydrogen) atoms. The lowest BCUT2D eigenvalue weighted by atomic mass is 10.0. The minimum Gasteiger partial charge on any atom is -0.756 e. The second kappa shape index (κ2) is 51.6. The Labute approximate surface area is 429 Å². The van der Waals surface area contributed by atoms with Gasteiger partial charge in [0.2, 0.25) is 5.91 Å². The van der Waals surface area contributed by atoms with Gasteiger partial charge in [-0.25, -0.2) is 0 Å². The normalized spacial score (nSPS) is 14.1. The predicted octanol–water partition coefficient (Wildman–Crippen LogP) is 17.5. The van der Waals surface area contributed by atoms with Crippen LogP contribution >= 0.6 is 7.82 Å². The van der Waals surface area contributed by atoms with E-state index in [0.29, 0.717) is 17.4 Å². The molecule has 3 atom stereocenters. The molecule has 1 amide bonds. The molecule has 0 aromatic carbocycles. The van der Waals surface area contributed by atoms with Crippen molar-refractivity contribution in [3.63, 3.8) is 0 Å². The van der Waals surface area contributed by atoms with Crippen molar-refractivity contribution >= 4 is 13.7 Å². The largest absolute Gasteiger partial charge is 0.756 e. The first-order chi connectivity index (χ1) is 33.5. The van der Waals surface area contributed by atoms with E-state index in [-0.39, 0.29) is 12.5 Å². The summed E-state index contributed by atoms with van der Waals surface area (Å²) >= 11 is 0. The molecule has 9 heteroatoms. The number of phosphoric acid groups is 1. The Kier molecular flexibility index (Phi) is 50.7. The lowest BCUT2D eigenvalue weighted by Crippen LogP contribution is -2.45. The molecule has 0 bridgehead atoms. The number of nitrogens with one attached hydrogen (secondary N) is 1. The molecule has 0 aliphatic rings. The van der Waals surface area contributed by atoms with Gasteiger partial charge in [0.25, 0.3) is 7.82 Å². The van der Waals surface area contributed by atoms with Crippen molar-refractivity contribution in [1.29, 1.82) is 0 Å². The highest BCUT2D eigenvalue weighted by Crippen LogP contribution is 2.38. The fourth-order valence-corrected chi connectivity index (χ4v) is 9.60. The number of hydrogen-bond acceptors (Lipinski definition) is 6. The molecule has 0 aromatic heterocycles. The first-order valence-electron chi connectivity index (χ1n) is 29.9. The Morgan fingerprint density at radius 2 is 0.812 bits per heavy atom. The van der Waals surface area contributed by atoms with Gasteiger partial charge in [0.05, 0.1) is 39.9 Å². The molecule has 0 heterocycles. The van der Waals surface area contributed by atoms with Crippen LogP contribution in [0, 0.1) is 0 Å². The van der Waals surface area contributed by atoms with Crippen molar-refractivity contribution in [2.45, 2.75) is 302 Å². The number of aliphatic hydroxyl groups is 1. The SMILES string of the molecule is CCCCCCCCCCCC/C=C/CC/C=C/C(O)C(COP(=O)([O-])OCC[N+](C)(C)C)NC(=O)CCCCCCCCCCCCCCCCC/C=C\CCCCCCCCCCCCCC. The summed E-state index contributed by atoms with van der Waals surface area (Å²) in [4.78, 5) is 25.5. The maximum atomic E-state index is 13.0. The monoisotopic (exact) mass is 993 g/mol. The summed E-state index contributed by atoms with van der Waals surface area (Å²) in [6.07, 6.45) is 66.7. The van der Waals surface area contributed by atoms with Gasteiger partial charge in [-0.1, -0.05) is 262 Å². The van der Waals surface area contributed by atoms with Gasteiger partial charge in [-0.3, -0.25) is 9.36 Å². The minimum absolute atomic E-state index is 0.00522. The number of amides is 1. The number of carbonyl (C=O) groups is 1. The molecule has 8 nitrogen and oxygen atoms in total. The summed E-state index contributed by atoms with van der Waals surface area (Å²) in [5, 5.41) is 13.9. The molecule has 0 saturated heterocycles. The van der Waals surface area contributed by atoms with Crippen LogP contribution in [0.4, 0.5) is 0 Å². The number of phosphoric ester groups is 1. The van der Waals surface area contributed by atoms with E-state index < -0.39 is 26.6 Å². The number of hydrogen-bond donors (Lipinski definition) is 2. The number of nitrogens with zero attached hydrogens (tertiary/aromatic N) is 1. The molecule has 0 rings (SSSR count). The van der Waals surface area contributed by atoms with Crippen molar-refractivity contribution < 1.29 is 32.9 Å². The molecule has 2 N–H and O–H groups in total. The van der Waals surface area contributed by atoms with Crippen LogP contribution in [0.15, 0.2) is 36.5 Å². The van der Waals surface area contributed by atoms with Crippen molar-refractivity contribution in [3.8, 4) is 0 Å². The standard InChI is InChI=1S/C60H117N2O6P/c1-6-8-10-12-14-16-18-20-22-24-25-26-27-28-29-30-31-32-33-34-35-36-37-38-40-42-44-46-48-50-52-54-60(64)61-58(57-68-69(65,66)67-56-55-62(3,4)5)59(63)53-51-49-47-45-43-41-39-23-21-19-17-15-13-11-9-7-2/h28-29,43,45,51,53,58-59,63H,6-27,30-42,44,46-50,52,54-57H2,1-5H3,(H-,61,64,65,66)/b29-28-,45-43+,53-51+. The Balaban J connectivity index is 4.09. The third-order valence-electron chi connectivity index (χ3n) is 13.6. The first-order valence-corrected chi connectivity index (χ1v) is 31.3. The van der Waals surface area contributed by atoms with Gasteiger partial charge >= 0.3 is 0 Å². The summed E-state index contributed by atoms with van der Waals surface area (Å²) in [5.41, 5.74) is 0. The number of allylic oxidation sites excluding steroid dienone is 5. The van der Waals surface area contributed by atoms with Crippen LogP contribution in [0.25, 0.3) is 0 Å². The molecule has 0 radical (unpaired) electrons. The third kappa shape index (κ3) is 54.3. The predicted molar refractivity (Wildman–Crippen MR) is 298 cm³/mol. The highest BCUT2D eigenvalue weighted by atomic mass is 31.2. The first kappa shape index (κ1) is 67.7. The van der Waals surface area contributed by atoms with Crippen LogP contribution < -0.4 is 10.2 Å². The topological polar surface area (TPSA) is 108 Å². The summed E-state index contributed by atoms with van der Waals surface area (Å²) in [7, 11) is 1.25. The smallest absolute Gasteiger partial charge is 0.268 e. The van der Waals surface area contributed by atoms with E-state index in [1.165, 1.54) is 231 Å². The van der Waals surface area contributed by atoms with E-state index in [0.717, 1.165) is 38.5 Å². The van der Waals surface area contributed by atoms with Gasteiger partial charge < -0.3 is 28.8 Å². The lowest BCUT2D eigenvalue weighted by Gasteiger charge is -2.29. The van der Waals surface area contributed by atoms with Gasteiger partial charge in [0.15, 0.2) is 0 Å². The molecular weight excluding hydrogens is 876 g/mol. The molecule has 3 unspecified atom stereocenters. The van der Waals surface area contributed by atoms with Gasteiger partial charge in [0, 0.05) is 6.42 Å². The number of rotatable bonds is 55. The number of carbonyl (C=O) groups excluding carboxylic acids is 1. The summed E-state index contributed by atoms with van der Waals surface area (Å²) in [6.45, 7) is 4.66. The lowest BCUT2D eigenvalue weighted by molar-refractivity contribution is -0.870. The Hall–Kier alpha value is -1.28. The van der Waals surface area contributed by atoms with Gasteiger partial charge in [-0.15, -0.1) is 0 Å². The number of quaternary nitrogens is 1. The minimum atomic E-state index is -4.60. The second-order valence-corrected chi connectivity index (χ2v) is 23.1. The molecule has 0 aliphatic carbocycles. The van der Waals surface area contributed by atoms with E-state index in [2.05, 4.69) is 43.5 Å². The highest BCUT2D eigenvalue weighted by Gasteiger charge is 2.23. The summed E-state index contributed by atoms with van der Waals surface area (Å²) in [5.74, 6) is -0.204. The van der Waals surface area contributed by atoms with Gasteiger partial charge in [-0.05, 0) is 57.8 Å². The Bertz CT molecular complexity index is 1220.